The fourth-order valence-corrected chi connectivity index (χ4v) is 3.42. The molecular weight excluding hydrogens is 338 g/mol. The zero-order valence-corrected chi connectivity index (χ0v) is 15.8. The summed E-state index contributed by atoms with van der Waals surface area (Å²) in [4.78, 5) is 26.9. The smallest absolute Gasteiger partial charge is 0.229 e. The summed E-state index contributed by atoms with van der Waals surface area (Å²) in [5.74, 6) is -0.308. The molecule has 1 fully saturated rings. The molecule has 3 rings (SSSR count). The second-order valence-electron chi connectivity index (χ2n) is 7.25. The van der Waals surface area contributed by atoms with E-state index in [1.165, 1.54) is 0 Å². The topological polar surface area (TPSA) is 73.2 Å². The number of rotatable bonds is 4. The van der Waals surface area contributed by atoms with Crippen LogP contribution in [0.5, 0.6) is 0 Å². The first kappa shape index (κ1) is 18.7. The summed E-state index contributed by atoms with van der Waals surface area (Å²) < 4.78 is 0. The molecule has 0 aliphatic carbocycles. The summed E-state index contributed by atoms with van der Waals surface area (Å²) in [5.41, 5.74) is 4.22. The van der Waals surface area contributed by atoms with E-state index in [9.17, 15) is 9.59 Å². The van der Waals surface area contributed by atoms with Gasteiger partial charge in [0.05, 0.1) is 17.6 Å². The van der Waals surface area contributed by atoms with Gasteiger partial charge in [0.2, 0.25) is 11.8 Å². The van der Waals surface area contributed by atoms with Crippen molar-refractivity contribution >= 4 is 23.2 Å². The van der Waals surface area contributed by atoms with E-state index in [4.69, 9.17) is 5.26 Å². The Kier molecular flexibility index (Phi) is 5.27. The average molecular weight is 361 g/mol. The number of nitriles is 1. The van der Waals surface area contributed by atoms with Crippen molar-refractivity contribution < 1.29 is 9.59 Å². The van der Waals surface area contributed by atoms with Gasteiger partial charge in [0.15, 0.2) is 0 Å². The molecule has 2 aromatic carbocycles. The van der Waals surface area contributed by atoms with Crippen LogP contribution in [-0.4, -0.2) is 18.4 Å². The summed E-state index contributed by atoms with van der Waals surface area (Å²) in [6, 6.07) is 14.9. The lowest BCUT2D eigenvalue weighted by Crippen LogP contribution is -2.28. The molecule has 2 amide bonds. The zero-order chi connectivity index (χ0) is 19.6. The minimum Gasteiger partial charge on any atom is -0.325 e. The van der Waals surface area contributed by atoms with Crippen molar-refractivity contribution in [2.75, 3.05) is 16.8 Å². The van der Waals surface area contributed by atoms with Gasteiger partial charge in [0.25, 0.3) is 0 Å². The van der Waals surface area contributed by atoms with Crippen LogP contribution in [0.25, 0.3) is 0 Å². The molecule has 0 bridgehead atoms. The quantitative estimate of drug-likeness (QED) is 0.895. The highest BCUT2D eigenvalue weighted by atomic mass is 16.2. The number of carbonyl (C=O) groups excluding carboxylic acids is 2. The predicted molar refractivity (Wildman–Crippen MR) is 106 cm³/mol. The van der Waals surface area contributed by atoms with Crippen LogP contribution in [0.15, 0.2) is 42.5 Å². The summed E-state index contributed by atoms with van der Waals surface area (Å²) in [6.07, 6.45) is 0.189. The Bertz CT molecular complexity index is 910. The molecule has 1 unspecified atom stereocenters. The minimum atomic E-state index is -0.396. The molecule has 5 nitrogen and oxygen atoms in total. The van der Waals surface area contributed by atoms with E-state index in [0.717, 1.165) is 16.8 Å². The van der Waals surface area contributed by atoms with Crippen LogP contribution >= 0.6 is 0 Å². The molecule has 27 heavy (non-hydrogen) atoms. The summed E-state index contributed by atoms with van der Waals surface area (Å²) >= 11 is 0. The molecule has 1 aliphatic heterocycles. The molecule has 1 aliphatic rings. The predicted octanol–water partition coefficient (Wildman–Crippen LogP) is 3.98. The van der Waals surface area contributed by atoms with Crippen molar-refractivity contribution in [1.82, 2.24) is 0 Å². The molecule has 138 valence electrons. The molecule has 1 atom stereocenters. The van der Waals surface area contributed by atoms with Gasteiger partial charge < -0.3 is 10.2 Å². The number of nitrogens with one attached hydrogen (secondary N) is 1. The Morgan fingerprint density at radius 2 is 1.93 bits per heavy atom. The fraction of sp³-hybridized carbons (Fsp3) is 0.318. The third kappa shape index (κ3) is 3.85. The van der Waals surface area contributed by atoms with Crippen LogP contribution < -0.4 is 10.2 Å². The highest BCUT2D eigenvalue weighted by molar-refractivity contribution is 6.04. The molecule has 0 spiro atoms. The maximum absolute atomic E-state index is 12.8. The molecular formula is C22H23N3O2. The third-order valence-corrected chi connectivity index (χ3v) is 4.98. The van der Waals surface area contributed by atoms with Crippen LogP contribution in [0, 0.1) is 24.2 Å². The van der Waals surface area contributed by atoms with Gasteiger partial charge in [0, 0.05) is 24.3 Å². The number of hydrogen-bond acceptors (Lipinski definition) is 3. The number of para-hydroxylation sites is 1. The fourth-order valence-electron chi connectivity index (χ4n) is 3.42. The van der Waals surface area contributed by atoms with E-state index in [-0.39, 0.29) is 18.2 Å². The molecule has 1 saturated heterocycles. The summed E-state index contributed by atoms with van der Waals surface area (Å²) in [6.45, 7) is 6.51. The number of hydrogen-bond donors (Lipinski definition) is 1. The van der Waals surface area contributed by atoms with Gasteiger partial charge in [0.1, 0.15) is 0 Å². The van der Waals surface area contributed by atoms with Crippen LogP contribution in [0.4, 0.5) is 11.4 Å². The minimum absolute atomic E-state index is 0.0753. The van der Waals surface area contributed by atoms with Gasteiger partial charge in [-0.05, 0) is 48.2 Å². The van der Waals surface area contributed by atoms with E-state index >= 15 is 0 Å². The van der Waals surface area contributed by atoms with Gasteiger partial charge in [-0.15, -0.1) is 0 Å². The maximum atomic E-state index is 12.8. The first-order valence-electron chi connectivity index (χ1n) is 9.11. The monoisotopic (exact) mass is 361 g/mol. The van der Waals surface area contributed by atoms with Crippen LogP contribution in [0.2, 0.25) is 0 Å². The van der Waals surface area contributed by atoms with Gasteiger partial charge in [-0.3, -0.25) is 9.59 Å². The highest BCUT2D eigenvalue weighted by Crippen LogP contribution is 2.30. The molecule has 1 heterocycles. The Balaban J connectivity index is 1.76. The normalized spacial score (nSPS) is 16.5. The highest BCUT2D eigenvalue weighted by Gasteiger charge is 2.35. The van der Waals surface area contributed by atoms with Crippen LogP contribution in [0.1, 0.15) is 42.9 Å². The van der Waals surface area contributed by atoms with E-state index in [0.29, 0.717) is 23.7 Å². The average Bonchev–Trinajstić information content (AvgIpc) is 3.05. The van der Waals surface area contributed by atoms with Crippen LogP contribution in [0.3, 0.4) is 0 Å². The molecule has 5 heteroatoms. The van der Waals surface area contributed by atoms with Crippen molar-refractivity contribution in [2.24, 2.45) is 5.92 Å². The van der Waals surface area contributed by atoms with Gasteiger partial charge in [-0.2, -0.15) is 5.26 Å². The molecule has 0 aromatic heterocycles. The summed E-state index contributed by atoms with van der Waals surface area (Å²) in [5, 5.41) is 12.0. The van der Waals surface area contributed by atoms with Crippen molar-refractivity contribution in [1.29, 1.82) is 5.26 Å². The van der Waals surface area contributed by atoms with Crippen molar-refractivity contribution in [3.05, 3.63) is 59.2 Å². The van der Waals surface area contributed by atoms with E-state index < -0.39 is 5.92 Å². The number of amides is 2. The molecule has 1 N–H and O–H groups in total. The SMILES string of the molecule is Cc1cccc(C(C)C)c1NC(=O)C1CC(=O)N(c2ccc(C#N)cc2)C1. The first-order valence-corrected chi connectivity index (χ1v) is 9.11. The van der Waals surface area contributed by atoms with Crippen molar-refractivity contribution in [3.8, 4) is 6.07 Å². The van der Waals surface area contributed by atoms with Crippen molar-refractivity contribution in [3.63, 3.8) is 0 Å². The lowest BCUT2D eigenvalue weighted by Gasteiger charge is -2.19. The van der Waals surface area contributed by atoms with Crippen LogP contribution in [-0.2, 0) is 9.59 Å². The van der Waals surface area contributed by atoms with E-state index in [1.54, 1.807) is 29.2 Å². The lowest BCUT2D eigenvalue weighted by atomic mass is 9.97. The Morgan fingerprint density at radius 3 is 2.56 bits per heavy atom. The lowest BCUT2D eigenvalue weighted by molar-refractivity contribution is -0.122. The van der Waals surface area contributed by atoms with Gasteiger partial charge in [-0.25, -0.2) is 0 Å². The number of benzene rings is 2. The number of aryl methyl sites for hydroxylation is 1. The zero-order valence-electron chi connectivity index (χ0n) is 15.8. The molecule has 0 radical (unpaired) electrons. The maximum Gasteiger partial charge on any atom is 0.229 e. The van der Waals surface area contributed by atoms with E-state index in [1.807, 2.05) is 25.1 Å². The molecule has 0 saturated carbocycles. The summed E-state index contributed by atoms with van der Waals surface area (Å²) in [7, 11) is 0. The number of nitrogens with zero attached hydrogens (tertiary/aromatic N) is 2. The number of carbonyl (C=O) groups is 2. The van der Waals surface area contributed by atoms with E-state index in [2.05, 4.69) is 25.2 Å². The van der Waals surface area contributed by atoms with Gasteiger partial charge in [-0.1, -0.05) is 32.0 Å². The second kappa shape index (κ2) is 7.63. The Morgan fingerprint density at radius 1 is 1.22 bits per heavy atom. The second-order valence-corrected chi connectivity index (χ2v) is 7.25. The first-order chi connectivity index (χ1) is 12.9. The third-order valence-electron chi connectivity index (χ3n) is 4.98. The Labute approximate surface area is 159 Å². The standard InChI is InChI=1S/C22H23N3O2/c1-14(2)19-6-4-5-15(3)21(19)24-22(27)17-11-20(26)25(13-17)18-9-7-16(12-23)8-10-18/h4-10,14,17H,11,13H2,1-3H3,(H,24,27). The Hall–Kier alpha value is -3.13. The van der Waals surface area contributed by atoms with Crippen molar-refractivity contribution in [2.45, 2.75) is 33.1 Å². The van der Waals surface area contributed by atoms with Gasteiger partial charge >= 0.3 is 0 Å². The largest absolute Gasteiger partial charge is 0.325 e. The molecule has 2 aromatic rings. The number of anilines is 2.